The third-order valence-electron chi connectivity index (χ3n) is 3.88. The molecule has 1 aromatic rings. The van der Waals surface area contributed by atoms with Crippen LogP contribution < -0.4 is 10.6 Å². The average molecular weight is 336 g/mol. The van der Waals surface area contributed by atoms with Gasteiger partial charge in [0.05, 0.1) is 12.6 Å². The van der Waals surface area contributed by atoms with Gasteiger partial charge in [0.15, 0.2) is 5.96 Å². The molecule has 1 aromatic heterocycles. The molecule has 0 bridgehead atoms. The van der Waals surface area contributed by atoms with Gasteiger partial charge in [0.1, 0.15) is 12.2 Å². The predicted molar refractivity (Wildman–Crippen MR) is 96.2 cm³/mol. The van der Waals surface area contributed by atoms with Gasteiger partial charge in [-0.05, 0) is 40.0 Å². The summed E-state index contributed by atoms with van der Waals surface area (Å²) in [5.74, 6) is 1.84. The van der Waals surface area contributed by atoms with Crippen molar-refractivity contribution in [3.63, 3.8) is 0 Å². The van der Waals surface area contributed by atoms with Crippen LogP contribution in [0.5, 0.6) is 0 Å². The van der Waals surface area contributed by atoms with Crippen LogP contribution in [0.2, 0.25) is 0 Å². The topological polar surface area (TPSA) is 76.4 Å². The molecule has 0 radical (unpaired) electrons. The van der Waals surface area contributed by atoms with Crippen LogP contribution >= 0.6 is 0 Å². The number of hydrogen-bond acceptors (Lipinski definition) is 4. The Morgan fingerprint density at radius 3 is 2.92 bits per heavy atom. The molecule has 2 heterocycles. The zero-order valence-corrected chi connectivity index (χ0v) is 15.5. The van der Waals surface area contributed by atoms with Crippen molar-refractivity contribution in [2.24, 2.45) is 4.99 Å². The number of aryl methyl sites for hydroxylation is 1. The lowest BCUT2D eigenvalue weighted by atomic mass is 10.1. The van der Waals surface area contributed by atoms with Gasteiger partial charge in [-0.25, -0.2) is 0 Å². The van der Waals surface area contributed by atoms with Gasteiger partial charge in [0.25, 0.3) is 0 Å². The van der Waals surface area contributed by atoms with Crippen molar-refractivity contribution >= 4 is 5.96 Å². The Labute approximate surface area is 145 Å². The van der Waals surface area contributed by atoms with Crippen LogP contribution in [0, 0.1) is 0 Å². The number of nitrogens with one attached hydrogen (secondary N) is 2. The van der Waals surface area contributed by atoms with E-state index >= 15 is 0 Å². The maximum absolute atomic E-state index is 5.77. The molecular weight excluding hydrogens is 304 g/mol. The molecule has 2 rings (SSSR count). The van der Waals surface area contributed by atoms with Gasteiger partial charge in [-0.1, -0.05) is 6.92 Å². The largest absolute Gasteiger partial charge is 0.376 e. The number of hydrogen-bond donors (Lipinski definition) is 2. The van der Waals surface area contributed by atoms with E-state index < -0.39 is 0 Å². The van der Waals surface area contributed by atoms with Gasteiger partial charge in [-0.15, -0.1) is 10.2 Å². The maximum Gasteiger partial charge on any atom is 0.191 e. The second-order valence-corrected chi connectivity index (χ2v) is 7.27. The van der Waals surface area contributed by atoms with Crippen LogP contribution in [0.1, 0.15) is 52.8 Å². The fourth-order valence-corrected chi connectivity index (χ4v) is 2.67. The van der Waals surface area contributed by atoms with E-state index in [1.807, 2.05) is 0 Å². The molecule has 0 aromatic carbocycles. The minimum absolute atomic E-state index is 0.0373. The normalized spacial score (nSPS) is 19.3. The van der Waals surface area contributed by atoms with E-state index in [1.165, 1.54) is 12.8 Å². The molecule has 1 atom stereocenters. The summed E-state index contributed by atoms with van der Waals surface area (Å²) in [5, 5.41) is 14.9. The van der Waals surface area contributed by atoms with E-state index in [0.29, 0.717) is 6.54 Å². The molecule has 136 valence electrons. The minimum atomic E-state index is -0.0373. The monoisotopic (exact) mass is 336 g/mol. The summed E-state index contributed by atoms with van der Waals surface area (Å²) in [6, 6.07) is 0. The molecule has 1 unspecified atom stereocenters. The SMILES string of the molecule is CCc1nncn1CCNC(=NCC1CCCCO1)NC(C)(C)C. The summed E-state index contributed by atoms with van der Waals surface area (Å²) in [7, 11) is 0. The third-order valence-corrected chi connectivity index (χ3v) is 3.88. The van der Waals surface area contributed by atoms with E-state index in [1.54, 1.807) is 6.33 Å². The standard InChI is InChI=1S/C17H32N6O/c1-5-15-22-20-13-23(15)10-9-18-16(21-17(2,3)4)19-12-14-8-6-7-11-24-14/h13-14H,5-12H2,1-4H3,(H2,18,19,21). The van der Waals surface area contributed by atoms with E-state index in [0.717, 1.165) is 44.3 Å². The molecule has 1 aliphatic heterocycles. The summed E-state index contributed by atoms with van der Waals surface area (Å²) in [4.78, 5) is 4.72. The molecule has 2 N–H and O–H groups in total. The van der Waals surface area contributed by atoms with Gasteiger partial charge < -0.3 is 19.9 Å². The van der Waals surface area contributed by atoms with Crippen LogP contribution in [0.25, 0.3) is 0 Å². The van der Waals surface area contributed by atoms with Crippen molar-refractivity contribution in [3.05, 3.63) is 12.2 Å². The molecule has 0 saturated carbocycles. The smallest absolute Gasteiger partial charge is 0.191 e. The van der Waals surface area contributed by atoms with Gasteiger partial charge in [-0.3, -0.25) is 4.99 Å². The van der Waals surface area contributed by atoms with Crippen molar-refractivity contribution in [3.8, 4) is 0 Å². The maximum atomic E-state index is 5.77. The fourth-order valence-electron chi connectivity index (χ4n) is 2.67. The minimum Gasteiger partial charge on any atom is -0.376 e. The molecule has 7 heteroatoms. The van der Waals surface area contributed by atoms with Crippen molar-refractivity contribution in [1.29, 1.82) is 0 Å². The van der Waals surface area contributed by atoms with Crippen molar-refractivity contribution in [1.82, 2.24) is 25.4 Å². The fraction of sp³-hybridized carbons (Fsp3) is 0.824. The van der Waals surface area contributed by atoms with E-state index in [9.17, 15) is 0 Å². The first-order valence-electron chi connectivity index (χ1n) is 9.02. The Balaban J connectivity index is 1.87. The number of aliphatic imine (C=N–C) groups is 1. The highest BCUT2D eigenvalue weighted by Gasteiger charge is 2.16. The van der Waals surface area contributed by atoms with Crippen molar-refractivity contribution < 1.29 is 4.74 Å². The average Bonchev–Trinajstić information content (AvgIpc) is 2.99. The summed E-state index contributed by atoms with van der Waals surface area (Å²) in [6.45, 7) is 11.7. The van der Waals surface area contributed by atoms with Crippen LogP contribution in [-0.4, -0.2) is 52.1 Å². The molecule has 0 spiro atoms. The lowest BCUT2D eigenvalue weighted by molar-refractivity contribution is 0.0224. The zero-order chi connectivity index (χ0) is 17.4. The lowest BCUT2D eigenvalue weighted by Crippen LogP contribution is -2.48. The van der Waals surface area contributed by atoms with Crippen molar-refractivity contribution in [2.75, 3.05) is 19.7 Å². The highest BCUT2D eigenvalue weighted by Crippen LogP contribution is 2.12. The molecule has 0 amide bonds. The molecule has 1 aliphatic rings. The van der Waals surface area contributed by atoms with Gasteiger partial charge in [0.2, 0.25) is 0 Å². The zero-order valence-electron chi connectivity index (χ0n) is 15.5. The quantitative estimate of drug-likeness (QED) is 0.611. The van der Waals surface area contributed by atoms with E-state index in [4.69, 9.17) is 9.73 Å². The highest BCUT2D eigenvalue weighted by atomic mass is 16.5. The van der Waals surface area contributed by atoms with E-state index in [2.05, 4.69) is 53.1 Å². The molecular formula is C17H32N6O. The first-order chi connectivity index (χ1) is 11.5. The van der Waals surface area contributed by atoms with Crippen LogP contribution in [-0.2, 0) is 17.7 Å². The van der Waals surface area contributed by atoms with Crippen LogP contribution in [0.3, 0.4) is 0 Å². The predicted octanol–water partition coefficient (Wildman–Crippen LogP) is 1.74. The van der Waals surface area contributed by atoms with Crippen LogP contribution in [0.4, 0.5) is 0 Å². The van der Waals surface area contributed by atoms with E-state index in [-0.39, 0.29) is 11.6 Å². The molecule has 1 saturated heterocycles. The van der Waals surface area contributed by atoms with Crippen molar-refractivity contribution in [2.45, 2.75) is 71.6 Å². The molecule has 7 nitrogen and oxygen atoms in total. The summed E-state index contributed by atoms with van der Waals surface area (Å²) in [6.07, 6.45) is 6.44. The number of ether oxygens (including phenoxy) is 1. The number of guanidine groups is 1. The second-order valence-electron chi connectivity index (χ2n) is 7.27. The highest BCUT2D eigenvalue weighted by molar-refractivity contribution is 5.80. The Morgan fingerprint density at radius 2 is 2.25 bits per heavy atom. The molecule has 24 heavy (non-hydrogen) atoms. The van der Waals surface area contributed by atoms with Gasteiger partial charge in [-0.2, -0.15) is 0 Å². The summed E-state index contributed by atoms with van der Waals surface area (Å²) < 4.78 is 7.84. The van der Waals surface area contributed by atoms with Crippen LogP contribution in [0.15, 0.2) is 11.3 Å². The Kier molecular flexibility index (Phi) is 7.02. The second kappa shape index (κ2) is 9.01. The third kappa shape index (κ3) is 6.47. The Bertz CT molecular complexity index is 513. The Morgan fingerprint density at radius 1 is 1.42 bits per heavy atom. The first-order valence-corrected chi connectivity index (χ1v) is 9.02. The summed E-state index contributed by atoms with van der Waals surface area (Å²) >= 11 is 0. The summed E-state index contributed by atoms with van der Waals surface area (Å²) in [5.41, 5.74) is -0.0373. The number of rotatable bonds is 6. The number of aromatic nitrogens is 3. The number of nitrogens with zero attached hydrogens (tertiary/aromatic N) is 4. The lowest BCUT2D eigenvalue weighted by Gasteiger charge is -2.25. The molecule has 1 fully saturated rings. The Hall–Kier alpha value is -1.63. The van der Waals surface area contributed by atoms with Gasteiger partial charge in [0, 0.05) is 31.7 Å². The van der Waals surface area contributed by atoms with Gasteiger partial charge >= 0.3 is 0 Å². The molecule has 0 aliphatic carbocycles. The first kappa shape index (κ1) is 18.7.